The zero-order chi connectivity index (χ0) is 7.28. The molecular weight excluding hydrogens is 118 g/mol. The first-order valence-corrected chi connectivity index (χ1v) is 3.06. The third kappa shape index (κ3) is 3.42. The first-order valence-electron chi connectivity index (χ1n) is 3.06. The zero-order valence-electron chi connectivity index (χ0n) is 5.46. The Hall–Kier alpha value is -0.160. The second kappa shape index (κ2) is 4.69. The Bertz CT molecular complexity index is 69.2. The summed E-state index contributed by atoms with van der Waals surface area (Å²) in [5.74, 6) is 0. The molecule has 0 saturated heterocycles. The maximum atomic E-state index is 8.95. The first-order chi connectivity index (χ1) is 4.22. The van der Waals surface area contributed by atoms with Crippen LogP contribution in [0.25, 0.3) is 0 Å². The molecule has 7 N–H and O–H groups in total. The molecule has 0 aliphatic heterocycles. The van der Waals surface area contributed by atoms with Crippen LogP contribution in [-0.4, -0.2) is 30.3 Å². The number of aliphatic hydroxyl groups excluding tert-OH is 1. The van der Waals surface area contributed by atoms with Crippen LogP contribution in [0.5, 0.6) is 0 Å². The Morgan fingerprint density at radius 2 is 1.89 bits per heavy atom. The highest BCUT2D eigenvalue weighted by Crippen LogP contribution is 1.91. The third-order valence-electron chi connectivity index (χ3n) is 1.24. The summed E-state index contributed by atoms with van der Waals surface area (Å²) in [4.78, 5) is 0. The van der Waals surface area contributed by atoms with Gasteiger partial charge in [0.05, 0.1) is 6.10 Å². The van der Waals surface area contributed by atoms with E-state index >= 15 is 0 Å². The third-order valence-corrected chi connectivity index (χ3v) is 1.24. The van der Waals surface area contributed by atoms with Gasteiger partial charge in [0, 0.05) is 12.6 Å². The standard InChI is InChI=1S/C5H15N3O/c6-2-1-4(8)5(9)3-7/h4-5,9H,1-3,6-8H2. The minimum Gasteiger partial charge on any atom is -0.390 e. The molecule has 0 rings (SSSR count). The highest BCUT2D eigenvalue weighted by atomic mass is 16.3. The molecule has 2 atom stereocenters. The van der Waals surface area contributed by atoms with Crippen molar-refractivity contribution in [1.29, 1.82) is 0 Å². The van der Waals surface area contributed by atoms with E-state index < -0.39 is 6.10 Å². The molecule has 0 heterocycles. The molecule has 0 fully saturated rings. The summed E-state index contributed by atoms with van der Waals surface area (Å²) in [5.41, 5.74) is 15.8. The van der Waals surface area contributed by atoms with Gasteiger partial charge in [-0.15, -0.1) is 0 Å². The van der Waals surface area contributed by atoms with Gasteiger partial charge in [-0.05, 0) is 13.0 Å². The fourth-order valence-electron chi connectivity index (χ4n) is 0.560. The number of nitrogens with two attached hydrogens (primary N) is 3. The van der Waals surface area contributed by atoms with E-state index in [-0.39, 0.29) is 12.6 Å². The van der Waals surface area contributed by atoms with E-state index in [9.17, 15) is 0 Å². The molecule has 0 aliphatic carbocycles. The molecule has 0 amide bonds. The van der Waals surface area contributed by atoms with Crippen molar-refractivity contribution in [3.05, 3.63) is 0 Å². The first kappa shape index (κ1) is 8.84. The average Bonchev–Trinajstić information content (AvgIpc) is 1.87. The van der Waals surface area contributed by atoms with Crippen LogP contribution in [0.4, 0.5) is 0 Å². The Labute approximate surface area is 55.0 Å². The van der Waals surface area contributed by atoms with Crippen LogP contribution in [0.3, 0.4) is 0 Å². The molecule has 0 aromatic heterocycles. The average molecular weight is 133 g/mol. The second-order valence-corrected chi connectivity index (χ2v) is 2.04. The van der Waals surface area contributed by atoms with Crippen LogP contribution in [-0.2, 0) is 0 Å². The van der Waals surface area contributed by atoms with Gasteiger partial charge in [0.25, 0.3) is 0 Å². The van der Waals surface area contributed by atoms with Gasteiger partial charge in [-0.1, -0.05) is 0 Å². The van der Waals surface area contributed by atoms with Crippen molar-refractivity contribution in [3.63, 3.8) is 0 Å². The lowest BCUT2D eigenvalue weighted by molar-refractivity contribution is 0.149. The highest BCUT2D eigenvalue weighted by molar-refractivity contribution is 4.71. The van der Waals surface area contributed by atoms with Gasteiger partial charge in [0.2, 0.25) is 0 Å². The summed E-state index contributed by atoms with van der Waals surface area (Å²) >= 11 is 0. The van der Waals surface area contributed by atoms with Crippen molar-refractivity contribution in [2.45, 2.75) is 18.6 Å². The summed E-state index contributed by atoms with van der Waals surface area (Å²) in [7, 11) is 0. The predicted molar refractivity (Wildman–Crippen MR) is 36.7 cm³/mol. The van der Waals surface area contributed by atoms with Gasteiger partial charge in [0.1, 0.15) is 0 Å². The largest absolute Gasteiger partial charge is 0.390 e. The summed E-state index contributed by atoms with van der Waals surface area (Å²) in [6.45, 7) is 0.708. The fourth-order valence-corrected chi connectivity index (χ4v) is 0.560. The van der Waals surface area contributed by atoms with Crippen molar-refractivity contribution >= 4 is 0 Å². The monoisotopic (exact) mass is 133 g/mol. The summed E-state index contributed by atoms with van der Waals surface area (Å²) in [6.07, 6.45) is 0.0202. The van der Waals surface area contributed by atoms with Gasteiger partial charge in [0.15, 0.2) is 0 Å². The van der Waals surface area contributed by atoms with E-state index in [1.807, 2.05) is 0 Å². The summed E-state index contributed by atoms with van der Waals surface area (Å²) in [6, 6.07) is -0.264. The fraction of sp³-hybridized carbons (Fsp3) is 1.00. The molecule has 0 spiro atoms. The number of hydrogen-bond acceptors (Lipinski definition) is 4. The van der Waals surface area contributed by atoms with Crippen LogP contribution >= 0.6 is 0 Å². The lowest BCUT2D eigenvalue weighted by Crippen LogP contribution is -2.41. The highest BCUT2D eigenvalue weighted by Gasteiger charge is 2.10. The van der Waals surface area contributed by atoms with Gasteiger partial charge < -0.3 is 22.3 Å². The van der Waals surface area contributed by atoms with Crippen LogP contribution in [0.15, 0.2) is 0 Å². The van der Waals surface area contributed by atoms with E-state index in [2.05, 4.69) is 0 Å². The zero-order valence-corrected chi connectivity index (χ0v) is 5.46. The van der Waals surface area contributed by atoms with E-state index in [1.54, 1.807) is 0 Å². The lowest BCUT2D eigenvalue weighted by atomic mass is 10.1. The molecule has 0 aliphatic rings. The van der Waals surface area contributed by atoms with Crippen LogP contribution < -0.4 is 17.2 Å². The molecule has 0 aromatic carbocycles. The van der Waals surface area contributed by atoms with E-state index in [0.29, 0.717) is 13.0 Å². The Morgan fingerprint density at radius 1 is 1.33 bits per heavy atom. The molecule has 2 unspecified atom stereocenters. The van der Waals surface area contributed by atoms with Crippen LogP contribution in [0, 0.1) is 0 Å². The van der Waals surface area contributed by atoms with Crippen molar-refractivity contribution in [2.24, 2.45) is 17.2 Å². The van der Waals surface area contributed by atoms with Gasteiger partial charge in [-0.3, -0.25) is 0 Å². The topological polar surface area (TPSA) is 98.3 Å². The molecule has 56 valence electrons. The van der Waals surface area contributed by atoms with Gasteiger partial charge in [-0.2, -0.15) is 0 Å². The summed E-state index contributed by atoms with van der Waals surface area (Å²) in [5, 5.41) is 8.95. The molecule has 0 bridgehead atoms. The van der Waals surface area contributed by atoms with Crippen LogP contribution in [0.1, 0.15) is 6.42 Å². The Balaban J connectivity index is 3.32. The quantitative estimate of drug-likeness (QED) is 0.356. The molecule has 0 radical (unpaired) electrons. The predicted octanol–water partition coefficient (Wildman–Crippen LogP) is -2.02. The smallest absolute Gasteiger partial charge is 0.0813 e. The SMILES string of the molecule is NCCC(N)C(O)CN. The van der Waals surface area contributed by atoms with Crippen molar-refractivity contribution in [1.82, 2.24) is 0 Å². The van der Waals surface area contributed by atoms with Gasteiger partial charge in [-0.25, -0.2) is 0 Å². The number of aliphatic hydroxyl groups is 1. The minimum absolute atomic E-state index is 0.209. The molecule has 0 saturated carbocycles. The maximum absolute atomic E-state index is 8.95. The molecule has 4 nitrogen and oxygen atoms in total. The van der Waals surface area contributed by atoms with Gasteiger partial charge >= 0.3 is 0 Å². The minimum atomic E-state index is -0.603. The number of rotatable bonds is 4. The van der Waals surface area contributed by atoms with Crippen molar-refractivity contribution in [3.8, 4) is 0 Å². The molecule has 0 aromatic rings. The van der Waals surface area contributed by atoms with Crippen molar-refractivity contribution in [2.75, 3.05) is 13.1 Å². The maximum Gasteiger partial charge on any atom is 0.0813 e. The van der Waals surface area contributed by atoms with Crippen LogP contribution in [0.2, 0.25) is 0 Å². The lowest BCUT2D eigenvalue weighted by Gasteiger charge is -2.15. The van der Waals surface area contributed by atoms with Crippen molar-refractivity contribution < 1.29 is 5.11 Å². The van der Waals surface area contributed by atoms with E-state index in [1.165, 1.54) is 0 Å². The molecular formula is C5H15N3O. The molecule has 4 heteroatoms. The Morgan fingerprint density at radius 3 is 2.22 bits per heavy atom. The molecule has 9 heavy (non-hydrogen) atoms. The summed E-state index contributed by atoms with van der Waals surface area (Å²) < 4.78 is 0. The second-order valence-electron chi connectivity index (χ2n) is 2.04. The van der Waals surface area contributed by atoms with E-state index in [0.717, 1.165) is 0 Å². The Kier molecular flexibility index (Phi) is 4.61. The number of hydrogen-bond donors (Lipinski definition) is 4. The normalized spacial score (nSPS) is 17.3. The van der Waals surface area contributed by atoms with E-state index in [4.69, 9.17) is 22.3 Å².